The number of rotatable bonds is 5. The fourth-order valence-electron chi connectivity index (χ4n) is 1.92. The van der Waals surface area contributed by atoms with Gasteiger partial charge < -0.3 is 4.48 Å². The van der Waals surface area contributed by atoms with E-state index in [0.717, 1.165) is 30.7 Å². The molecule has 0 N–H and O–H groups in total. The minimum Gasteiger partial charge on any atom is -0.320 e. The lowest BCUT2D eigenvalue weighted by molar-refractivity contribution is -0.932. The monoisotopic (exact) mass is 203 g/mol. The van der Waals surface area contributed by atoms with E-state index in [-0.39, 0.29) is 0 Å². The molecule has 0 aliphatic carbocycles. The van der Waals surface area contributed by atoms with Gasteiger partial charge in [0.25, 0.3) is 0 Å². The summed E-state index contributed by atoms with van der Waals surface area (Å²) in [6.07, 6.45) is 0. The highest BCUT2D eigenvalue weighted by molar-refractivity contribution is 6.32. The molecule has 0 heterocycles. The molecular weight excluding hydrogens is 181 g/mol. The molecule has 0 atom stereocenters. The van der Waals surface area contributed by atoms with Gasteiger partial charge in [0.1, 0.15) is 14.4 Å². The van der Waals surface area contributed by atoms with Crippen LogP contribution in [0.25, 0.3) is 0 Å². The van der Waals surface area contributed by atoms with Crippen LogP contribution in [-0.2, 0) is 6.54 Å². The molecule has 0 bridgehead atoms. The molecule has 0 aliphatic heterocycles. The second-order valence-corrected chi connectivity index (χ2v) is 4.34. The van der Waals surface area contributed by atoms with Gasteiger partial charge in [0.05, 0.1) is 19.6 Å². The summed E-state index contributed by atoms with van der Waals surface area (Å²) in [4.78, 5) is 0. The van der Waals surface area contributed by atoms with Gasteiger partial charge in [0, 0.05) is 12.5 Å². The molecule has 0 amide bonds. The zero-order valence-corrected chi connectivity index (χ0v) is 10.3. The third-order valence-corrected chi connectivity index (χ3v) is 3.45. The molecule has 0 fully saturated rings. The SMILES string of the molecule is Bc1ccc(C[N+](C[CH2])(CC)CC)cc1. The van der Waals surface area contributed by atoms with Crippen LogP contribution in [0, 0.1) is 6.92 Å². The van der Waals surface area contributed by atoms with Crippen molar-refractivity contribution in [1.82, 2.24) is 0 Å². The van der Waals surface area contributed by atoms with Crippen LogP contribution in [0.1, 0.15) is 19.4 Å². The van der Waals surface area contributed by atoms with E-state index in [1.165, 1.54) is 11.0 Å². The molecular formula is C13H22BN+. The number of hydrogen-bond donors (Lipinski definition) is 0. The van der Waals surface area contributed by atoms with E-state index < -0.39 is 0 Å². The third kappa shape index (κ3) is 3.10. The summed E-state index contributed by atoms with van der Waals surface area (Å²) < 4.78 is 1.09. The van der Waals surface area contributed by atoms with E-state index >= 15 is 0 Å². The van der Waals surface area contributed by atoms with Gasteiger partial charge >= 0.3 is 0 Å². The van der Waals surface area contributed by atoms with Crippen LogP contribution in [0.15, 0.2) is 24.3 Å². The summed E-state index contributed by atoms with van der Waals surface area (Å²) in [7, 11) is 2.13. The first-order valence-corrected chi connectivity index (χ1v) is 5.85. The van der Waals surface area contributed by atoms with Crippen molar-refractivity contribution in [2.45, 2.75) is 20.4 Å². The van der Waals surface area contributed by atoms with Crippen LogP contribution in [-0.4, -0.2) is 32.0 Å². The average Bonchev–Trinajstić information content (AvgIpc) is 2.29. The first kappa shape index (κ1) is 12.3. The summed E-state index contributed by atoms with van der Waals surface area (Å²) in [6, 6.07) is 8.86. The van der Waals surface area contributed by atoms with E-state index in [1.807, 2.05) is 0 Å². The molecule has 15 heavy (non-hydrogen) atoms. The maximum Gasteiger partial charge on any atom is 0.139 e. The highest BCUT2D eigenvalue weighted by atomic mass is 15.3. The lowest BCUT2D eigenvalue weighted by Gasteiger charge is -2.35. The summed E-state index contributed by atoms with van der Waals surface area (Å²) in [5.74, 6) is 0. The number of hydrogen-bond acceptors (Lipinski definition) is 0. The van der Waals surface area contributed by atoms with Gasteiger partial charge in [-0.1, -0.05) is 29.7 Å². The number of benzene rings is 1. The van der Waals surface area contributed by atoms with Crippen LogP contribution in [0.2, 0.25) is 0 Å². The standard InChI is InChI=1S/C13H22BN/c1-4-15(5-2,6-3)11-12-7-9-13(14)10-8-12/h7-10H,1,4-6,11,14H2,2-3H3/q+1. The van der Waals surface area contributed by atoms with E-state index in [4.69, 9.17) is 0 Å². The molecule has 0 spiro atoms. The van der Waals surface area contributed by atoms with E-state index in [2.05, 4.69) is 52.9 Å². The van der Waals surface area contributed by atoms with Gasteiger partial charge in [-0.2, -0.15) is 0 Å². The van der Waals surface area contributed by atoms with Gasteiger partial charge in [-0.25, -0.2) is 0 Å². The van der Waals surface area contributed by atoms with E-state index in [1.54, 1.807) is 0 Å². The molecule has 0 unspecified atom stereocenters. The van der Waals surface area contributed by atoms with Crippen LogP contribution in [0.3, 0.4) is 0 Å². The van der Waals surface area contributed by atoms with E-state index in [0.29, 0.717) is 0 Å². The van der Waals surface area contributed by atoms with Crippen LogP contribution < -0.4 is 5.46 Å². The molecule has 1 aromatic rings. The molecule has 0 aliphatic rings. The summed E-state index contributed by atoms with van der Waals surface area (Å²) in [6.45, 7) is 13.0. The minimum absolute atomic E-state index is 0.973. The fourth-order valence-corrected chi connectivity index (χ4v) is 1.92. The van der Waals surface area contributed by atoms with E-state index in [9.17, 15) is 0 Å². The van der Waals surface area contributed by atoms with Crippen molar-refractivity contribution >= 4 is 13.3 Å². The second kappa shape index (κ2) is 5.36. The smallest absolute Gasteiger partial charge is 0.139 e. The Morgan fingerprint density at radius 2 is 1.67 bits per heavy atom. The Bertz CT molecular complexity index is 280. The van der Waals surface area contributed by atoms with Crippen molar-refractivity contribution in [2.24, 2.45) is 0 Å². The maximum absolute atomic E-state index is 4.09. The average molecular weight is 203 g/mol. The second-order valence-electron chi connectivity index (χ2n) is 4.34. The van der Waals surface area contributed by atoms with Gasteiger partial charge in [-0.05, 0) is 13.8 Å². The van der Waals surface area contributed by atoms with Gasteiger partial charge in [0.2, 0.25) is 0 Å². The largest absolute Gasteiger partial charge is 0.320 e. The number of nitrogens with zero attached hydrogens (tertiary/aromatic N) is 1. The lowest BCUT2D eigenvalue weighted by atomic mass is 9.95. The first-order valence-electron chi connectivity index (χ1n) is 5.85. The molecule has 0 saturated carbocycles. The Morgan fingerprint density at radius 1 is 1.13 bits per heavy atom. The van der Waals surface area contributed by atoms with Crippen molar-refractivity contribution in [3.05, 3.63) is 36.8 Å². The minimum atomic E-state index is 0.973. The Hall–Kier alpha value is -0.755. The maximum atomic E-state index is 4.09. The molecule has 0 saturated heterocycles. The predicted molar refractivity (Wildman–Crippen MR) is 69.9 cm³/mol. The van der Waals surface area contributed by atoms with Gasteiger partial charge in [0.15, 0.2) is 0 Å². The molecule has 1 aromatic carbocycles. The summed E-state index contributed by atoms with van der Waals surface area (Å²) >= 11 is 0. The van der Waals surface area contributed by atoms with Crippen molar-refractivity contribution in [2.75, 3.05) is 19.6 Å². The fraction of sp³-hybridized carbons (Fsp3) is 0.462. The number of quaternary nitrogens is 1. The Labute approximate surface area is 95.1 Å². The summed E-state index contributed by atoms with van der Waals surface area (Å²) in [5, 5.41) is 0. The Balaban J connectivity index is 2.78. The Morgan fingerprint density at radius 3 is 2.07 bits per heavy atom. The van der Waals surface area contributed by atoms with Crippen LogP contribution in [0.5, 0.6) is 0 Å². The third-order valence-electron chi connectivity index (χ3n) is 3.45. The van der Waals surface area contributed by atoms with Gasteiger partial charge in [-0.3, -0.25) is 0 Å². The normalized spacial score (nSPS) is 11.7. The molecule has 0 aromatic heterocycles. The zero-order chi connectivity index (χ0) is 11.3. The zero-order valence-electron chi connectivity index (χ0n) is 10.3. The molecule has 81 valence electrons. The highest BCUT2D eigenvalue weighted by Gasteiger charge is 2.20. The first-order chi connectivity index (χ1) is 7.15. The predicted octanol–water partition coefficient (Wildman–Crippen LogP) is 1.14. The quantitative estimate of drug-likeness (QED) is 0.497. The van der Waals surface area contributed by atoms with Crippen molar-refractivity contribution < 1.29 is 4.48 Å². The van der Waals surface area contributed by atoms with Gasteiger partial charge in [-0.15, -0.1) is 0 Å². The van der Waals surface area contributed by atoms with Crippen molar-refractivity contribution in [3.63, 3.8) is 0 Å². The van der Waals surface area contributed by atoms with Crippen molar-refractivity contribution in [3.8, 4) is 0 Å². The van der Waals surface area contributed by atoms with Crippen LogP contribution in [0.4, 0.5) is 0 Å². The highest BCUT2D eigenvalue weighted by Crippen LogP contribution is 2.13. The Kier molecular flexibility index (Phi) is 4.40. The molecule has 1 nitrogen and oxygen atoms in total. The molecule has 2 heteroatoms. The molecule has 1 rings (SSSR count). The summed E-state index contributed by atoms with van der Waals surface area (Å²) in [5.41, 5.74) is 2.76. The topological polar surface area (TPSA) is 0 Å². The van der Waals surface area contributed by atoms with Crippen molar-refractivity contribution in [1.29, 1.82) is 0 Å². The van der Waals surface area contributed by atoms with Crippen LogP contribution >= 0.6 is 0 Å². The lowest BCUT2D eigenvalue weighted by Crippen LogP contribution is -2.46. The molecule has 1 radical (unpaired) electrons.